The maximum atomic E-state index is 16.1. The third kappa shape index (κ3) is 6.19. The zero-order valence-corrected chi connectivity index (χ0v) is 19.6. The summed E-state index contributed by atoms with van der Waals surface area (Å²) in [7, 11) is 0.926. The molecule has 0 saturated carbocycles. The van der Waals surface area contributed by atoms with Crippen molar-refractivity contribution in [3.05, 3.63) is 82.8 Å². The van der Waals surface area contributed by atoms with Crippen LogP contribution in [0.5, 0.6) is 0 Å². The SMILES string of the molecule is COC(CC(N)=CC=N)(c1ccc(F)cc1F)C(F)(F)c1ccc(C2=CCC(OC(F)(F)F)CC2)cn1. The summed E-state index contributed by atoms with van der Waals surface area (Å²) in [5, 5.41) is 7.15. The fourth-order valence-electron chi connectivity index (χ4n) is 4.30. The predicted octanol–water partition coefficient (Wildman–Crippen LogP) is 6.35. The minimum Gasteiger partial charge on any atom is -0.402 e. The first kappa shape index (κ1) is 28.3. The average molecular weight is 531 g/mol. The Labute approximate surface area is 208 Å². The molecule has 0 fully saturated rings. The Kier molecular flexibility index (Phi) is 8.43. The van der Waals surface area contributed by atoms with Crippen LogP contribution in [0.25, 0.3) is 5.57 Å². The van der Waals surface area contributed by atoms with E-state index in [1.165, 1.54) is 12.1 Å². The van der Waals surface area contributed by atoms with Gasteiger partial charge in [-0.15, -0.1) is 13.2 Å². The molecule has 3 rings (SSSR count). The second-order valence-corrected chi connectivity index (χ2v) is 8.44. The quantitative estimate of drug-likeness (QED) is 0.292. The molecule has 200 valence electrons. The molecule has 5 nitrogen and oxygen atoms in total. The Hall–Kier alpha value is -3.25. The number of ether oxygens (including phenoxy) is 2. The summed E-state index contributed by atoms with van der Waals surface area (Å²) in [6.07, 6.45) is -1.79. The third-order valence-electron chi connectivity index (χ3n) is 6.09. The minimum absolute atomic E-state index is 0.0119. The molecule has 0 radical (unpaired) electrons. The van der Waals surface area contributed by atoms with Gasteiger partial charge in [-0.25, -0.2) is 8.78 Å². The summed E-state index contributed by atoms with van der Waals surface area (Å²) >= 11 is 0. The average Bonchev–Trinajstić information content (AvgIpc) is 2.82. The maximum Gasteiger partial charge on any atom is 0.522 e. The lowest BCUT2D eigenvalue weighted by Crippen LogP contribution is -2.47. The summed E-state index contributed by atoms with van der Waals surface area (Å²) < 4.78 is 107. The van der Waals surface area contributed by atoms with Crippen LogP contribution < -0.4 is 5.73 Å². The van der Waals surface area contributed by atoms with Crippen LogP contribution in [0, 0.1) is 17.0 Å². The van der Waals surface area contributed by atoms with E-state index in [4.69, 9.17) is 15.9 Å². The molecule has 1 aromatic carbocycles. The molecule has 2 atom stereocenters. The van der Waals surface area contributed by atoms with E-state index in [1.54, 1.807) is 0 Å². The number of hydrogen-bond acceptors (Lipinski definition) is 5. The van der Waals surface area contributed by atoms with Crippen molar-refractivity contribution in [2.24, 2.45) is 5.73 Å². The molecule has 0 saturated heterocycles. The number of aromatic nitrogens is 1. The zero-order valence-electron chi connectivity index (χ0n) is 19.6. The monoisotopic (exact) mass is 531 g/mol. The summed E-state index contributed by atoms with van der Waals surface area (Å²) in [5.41, 5.74) is 2.39. The van der Waals surface area contributed by atoms with Gasteiger partial charge in [0.1, 0.15) is 17.3 Å². The lowest BCUT2D eigenvalue weighted by atomic mass is 9.80. The Morgan fingerprint density at radius 3 is 2.41 bits per heavy atom. The van der Waals surface area contributed by atoms with Crippen molar-refractivity contribution in [2.45, 2.75) is 49.7 Å². The maximum absolute atomic E-state index is 16.1. The van der Waals surface area contributed by atoms with Crippen LogP contribution in [0.2, 0.25) is 0 Å². The topological polar surface area (TPSA) is 81.2 Å². The number of nitrogens with two attached hydrogens (primary N) is 1. The van der Waals surface area contributed by atoms with Crippen LogP contribution in [0.15, 0.2) is 54.4 Å². The lowest BCUT2D eigenvalue weighted by molar-refractivity contribution is -0.342. The van der Waals surface area contributed by atoms with Gasteiger partial charge >= 0.3 is 12.3 Å². The molecule has 3 N–H and O–H groups in total. The predicted molar refractivity (Wildman–Crippen MR) is 122 cm³/mol. The molecule has 1 aliphatic rings. The number of methoxy groups -OCH3 is 1. The van der Waals surface area contributed by atoms with Gasteiger partial charge < -0.3 is 15.9 Å². The molecule has 0 amide bonds. The minimum atomic E-state index is -4.75. The first-order chi connectivity index (χ1) is 17.3. The van der Waals surface area contributed by atoms with Gasteiger partial charge in [-0.2, -0.15) is 8.78 Å². The first-order valence-electron chi connectivity index (χ1n) is 11.1. The number of allylic oxidation sites excluding steroid dienone is 2. The van der Waals surface area contributed by atoms with E-state index in [1.807, 2.05) is 0 Å². The molecule has 12 heteroatoms. The van der Waals surface area contributed by atoms with Crippen molar-refractivity contribution < 1.29 is 40.2 Å². The number of pyridine rings is 1. The van der Waals surface area contributed by atoms with E-state index >= 15 is 8.78 Å². The molecule has 2 unspecified atom stereocenters. The molecule has 0 aliphatic heterocycles. The molecule has 0 spiro atoms. The molecular formula is C25H24F7N3O2. The van der Waals surface area contributed by atoms with Gasteiger partial charge in [0.05, 0.1) is 6.10 Å². The van der Waals surface area contributed by atoms with Gasteiger partial charge in [-0.05, 0) is 48.6 Å². The van der Waals surface area contributed by atoms with Crippen LogP contribution in [0.4, 0.5) is 30.7 Å². The van der Waals surface area contributed by atoms with Crippen molar-refractivity contribution in [3.8, 4) is 0 Å². The highest BCUT2D eigenvalue weighted by Crippen LogP contribution is 2.51. The Morgan fingerprint density at radius 1 is 1.16 bits per heavy atom. The normalized spacial score (nSPS) is 18.8. The second kappa shape index (κ2) is 11.0. The highest BCUT2D eigenvalue weighted by atomic mass is 19.4. The van der Waals surface area contributed by atoms with Crippen molar-refractivity contribution in [1.29, 1.82) is 5.41 Å². The van der Waals surface area contributed by atoms with Gasteiger partial charge in [0.2, 0.25) is 0 Å². The highest BCUT2D eigenvalue weighted by Gasteiger charge is 2.59. The van der Waals surface area contributed by atoms with Gasteiger partial charge in [-0.1, -0.05) is 18.2 Å². The highest BCUT2D eigenvalue weighted by molar-refractivity contribution is 5.68. The molecule has 1 heterocycles. The van der Waals surface area contributed by atoms with Crippen LogP contribution in [-0.4, -0.2) is 30.8 Å². The van der Waals surface area contributed by atoms with E-state index in [0.717, 1.165) is 43.8 Å². The Bertz CT molecular complexity index is 1180. The van der Waals surface area contributed by atoms with Crippen LogP contribution in [0.3, 0.4) is 0 Å². The molecule has 1 aromatic heterocycles. The first-order valence-corrected chi connectivity index (χ1v) is 11.1. The third-order valence-corrected chi connectivity index (χ3v) is 6.09. The second-order valence-electron chi connectivity index (χ2n) is 8.44. The molecule has 0 bridgehead atoms. The summed E-state index contributed by atoms with van der Waals surface area (Å²) in [4.78, 5) is 3.86. The van der Waals surface area contributed by atoms with E-state index in [0.29, 0.717) is 17.2 Å². The fourth-order valence-corrected chi connectivity index (χ4v) is 4.30. The number of hydrogen-bond donors (Lipinski definition) is 2. The summed E-state index contributed by atoms with van der Waals surface area (Å²) in [6, 6.07) is 4.41. The van der Waals surface area contributed by atoms with Gasteiger partial charge in [-0.3, -0.25) is 9.72 Å². The molecule has 37 heavy (non-hydrogen) atoms. The largest absolute Gasteiger partial charge is 0.522 e. The van der Waals surface area contributed by atoms with E-state index < -0.39 is 53.3 Å². The summed E-state index contributed by atoms with van der Waals surface area (Å²) in [6.45, 7) is 0. The van der Waals surface area contributed by atoms with Crippen LogP contribution in [-0.2, 0) is 21.0 Å². The van der Waals surface area contributed by atoms with Crippen molar-refractivity contribution in [2.75, 3.05) is 7.11 Å². The number of halogens is 7. The number of nitrogens with zero attached hydrogens (tertiary/aromatic N) is 1. The zero-order chi connectivity index (χ0) is 27.4. The number of benzene rings is 1. The van der Waals surface area contributed by atoms with Gasteiger partial charge in [0.25, 0.3) is 0 Å². The number of rotatable bonds is 9. The fraction of sp³-hybridized carbons (Fsp3) is 0.360. The Morgan fingerprint density at radius 2 is 1.89 bits per heavy atom. The van der Waals surface area contributed by atoms with Crippen molar-refractivity contribution >= 4 is 11.8 Å². The van der Waals surface area contributed by atoms with E-state index in [9.17, 15) is 22.0 Å². The smallest absolute Gasteiger partial charge is 0.402 e. The number of nitrogens with one attached hydrogen (secondary N) is 1. The molecule has 2 aromatic rings. The van der Waals surface area contributed by atoms with Crippen LogP contribution in [0.1, 0.15) is 42.5 Å². The standard InChI is InChI=1S/C25H24F7N3O2/c1-36-23(13-18(34)10-11-33,20-8-5-17(26)12-21(20)27)24(28,29)22-9-4-16(14-35-22)15-2-6-19(7-3-15)37-25(30,31)32/h2,4-5,8-12,14,19,33H,3,6-7,13,34H2,1H3. The van der Waals surface area contributed by atoms with E-state index in [-0.39, 0.29) is 25.0 Å². The van der Waals surface area contributed by atoms with Crippen LogP contribution >= 0.6 is 0 Å². The van der Waals surface area contributed by atoms with Gasteiger partial charge in [0.15, 0.2) is 5.60 Å². The van der Waals surface area contributed by atoms with Gasteiger partial charge in [0, 0.05) is 43.3 Å². The molecule has 1 aliphatic carbocycles. The number of alkyl halides is 5. The van der Waals surface area contributed by atoms with E-state index in [2.05, 4.69) is 9.72 Å². The van der Waals surface area contributed by atoms with Crippen molar-refractivity contribution in [1.82, 2.24) is 4.98 Å². The molecular weight excluding hydrogens is 507 g/mol. The lowest BCUT2D eigenvalue weighted by Gasteiger charge is -2.39. The summed E-state index contributed by atoms with van der Waals surface area (Å²) in [5.74, 6) is -6.28. The van der Waals surface area contributed by atoms with Crippen molar-refractivity contribution in [3.63, 3.8) is 0 Å². The Balaban J connectivity index is 1.98.